The maximum Gasteiger partial charge on any atom is 0.251 e. The van der Waals surface area contributed by atoms with E-state index in [9.17, 15) is 9.90 Å². The number of benzene rings is 3. The average molecular weight is 442 g/mol. The van der Waals surface area contributed by atoms with Gasteiger partial charge in [0, 0.05) is 37.6 Å². The SMILES string of the molecule is Cn1c(=O)cc(-c2ccccc2)c2ccc(OCc3cccc(C4CC(O)CCO4)c3)cc21. The van der Waals surface area contributed by atoms with Crippen molar-refractivity contribution >= 4 is 10.9 Å². The van der Waals surface area contributed by atoms with Gasteiger partial charge in [0.2, 0.25) is 0 Å². The van der Waals surface area contributed by atoms with Crippen molar-refractivity contribution in [1.82, 2.24) is 4.57 Å². The monoisotopic (exact) mass is 441 g/mol. The molecule has 168 valence electrons. The highest BCUT2D eigenvalue weighted by atomic mass is 16.5. The summed E-state index contributed by atoms with van der Waals surface area (Å²) in [5.74, 6) is 0.706. The minimum absolute atomic E-state index is 0.0547. The molecule has 2 atom stereocenters. The lowest BCUT2D eigenvalue weighted by Gasteiger charge is -2.27. The zero-order chi connectivity index (χ0) is 22.8. The molecule has 1 aliphatic rings. The van der Waals surface area contributed by atoms with E-state index in [1.54, 1.807) is 17.7 Å². The molecular weight excluding hydrogens is 414 g/mol. The summed E-state index contributed by atoms with van der Waals surface area (Å²) in [5.41, 5.74) is 4.80. The lowest BCUT2D eigenvalue weighted by molar-refractivity contribution is -0.0448. The molecule has 5 nitrogen and oxygen atoms in total. The Hall–Kier alpha value is -3.41. The van der Waals surface area contributed by atoms with Crippen molar-refractivity contribution in [3.8, 4) is 16.9 Å². The number of aliphatic hydroxyl groups is 1. The molecule has 2 unspecified atom stereocenters. The fraction of sp³-hybridized carbons (Fsp3) is 0.250. The number of pyridine rings is 1. The van der Waals surface area contributed by atoms with Crippen molar-refractivity contribution in [2.45, 2.75) is 31.7 Å². The highest BCUT2D eigenvalue weighted by Crippen LogP contribution is 2.31. The van der Waals surface area contributed by atoms with E-state index in [0.717, 1.165) is 33.2 Å². The quantitative estimate of drug-likeness (QED) is 0.474. The second-order valence-electron chi connectivity index (χ2n) is 8.57. The number of rotatable bonds is 5. The van der Waals surface area contributed by atoms with E-state index in [0.29, 0.717) is 31.8 Å². The van der Waals surface area contributed by atoms with Crippen LogP contribution >= 0.6 is 0 Å². The molecule has 0 spiro atoms. The predicted octanol–water partition coefficient (Wildman–Crippen LogP) is 5.00. The van der Waals surface area contributed by atoms with Crippen LogP contribution in [0.2, 0.25) is 0 Å². The summed E-state index contributed by atoms with van der Waals surface area (Å²) in [5, 5.41) is 11.0. The van der Waals surface area contributed by atoms with Gasteiger partial charge in [0.05, 0.1) is 17.7 Å². The first-order chi connectivity index (χ1) is 16.1. The van der Waals surface area contributed by atoms with E-state index >= 15 is 0 Å². The molecule has 0 radical (unpaired) electrons. The highest BCUT2D eigenvalue weighted by molar-refractivity contribution is 5.95. The molecule has 1 N–H and O–H groups in total. The topological polar surface area (TPSA) is 60.7 Å². The molecule has 5 heteroatoms. The van der Waals surface area contributed by atoms with Crippen LogP contribution in [0.15, 0.2) is 83.7 Å². The van der Waals surface area contributed by atoms with Crippen LogP contribution in [0.5, 0.6) is 5.75 Å². The third-order valence-corrected chi connectivity index (χ3v) is 6.29. The van der Waals surface area contributed by atoms with E-state index in [1.807, 2.05) is 66.7 Å². The molecule has 2 heterocycles. The molecule has 0 saturated carbocycles. The van der Waals surface area contributed by atoms with Crippen molar-refractivity contribution in [3.63, 3.8) is 0 Å². The molecular formula is C28H27NO4. The highest BCUT2D eigenvalue weighted by Gasteiger charge is 2.22. The van der Waals surface area contributed by atoms with Crippen molar-refractivity contribution in [2.24, 2.45) is 7.05 Å². The first kappa shape index (κ1) is 21.4. The van der Waals surface area contributed by atoms with Gasteiger partial charge in [-0.1, -0.05) is 48.5 Å². The molecule has 1 aromatic heterocycles. The van der Waals surface area contributed by atoms with Crippen LogP contribution < -0.4 is 10.3 Å². The molecule has 5 rings (SSSR count). The largest absolute Gasteiger partial charge is 0.489 e. The molecule has 33 heavy (non-hydrogen) atoms. The first-order valence-electron chi connectivity index (χ1n) is 11.3. The fourth-order valence-corrected chi connectivity index (χ4v) is 4.44. The van der Waals surface area contributed by atoms with Gasteiger partial charge in [0.1, 0.15) is 12.4 Å². The number of hydrogen-bond donors (Lipinski definition) is 1. The Kier molecular flexibility index (Phi) is 5.99. The van der Waals surface area contributed by atoms with Crippen LogP contribution in [-0.4, -0.2) is 22.4 Å². The Balaban J connectivity index is 1.40. The zero-order valence-electron chi connectivity index (χ0n) is 18.6. The Morgan fingerprint density at radius 3 is 2.70 bits per heavy atom. The number of hydrogen-bond acceptors (Lipinski definition) is 4. The van der Waals surface area contributed by atoms with E-state index < -0.39 is 0 Å². The predicted molar refractivity (Wildman–Crippen MR) is 129 cm³/mol. The third kappa shape index (κ3) is 4.56. The summed E-state index contributed by atoms with van der Waals surface area (Å²) in [7, 11) is 1.78. The van der Waals surface area contributed by atoms with Crippen LogP contribution in [0.4, 0.5) is 0 Å². The molecule has 4 aromatic rings. The smallest absolute Gasteiger partial charge is 0.251 e. The lowest BCUT2D eigenvalue weighted by atomic mass is 9.98. The van der Waals surface area contributed by atoms with Crippen LogP contribution in [0, 0.1) is 0 Å². The van der Waals surface area contributed by atoms with Gasteiger partial charge in [0.25, 0.3) is 5.56 Å². The maximum atomic E-state index is 12.6. The number of aryl methyl sites for hydroxylation is 1. The first-order valence-corrected chi connectivity index (χ1v) is 11.3. The third-order valence-electron chi connectivity index (χ3n) is 6.29. The minimum atomic E-state index is -0.311. The summed E-state index contributed by atoms with van der Waals surface area (Å²) in [4.78, 5) is 12.6. The average Bonchev–Trinajstić information content (AvgIpc) is 2.85. The molecule has 3 aromatic carbocycles. The lowest BCUT2D eigenvalue weighted by Crippen LogP contribution is -2.23. The van der Waals surface area contributed by atoms with Gasteiger partial charge in [-0.3, -0.25) is 4.79 Å². The van der Waals surface area contributed by atoms with Crippen LogP contribution in [-0.2, 0) is 18.4 Å². The Bertz CT molecular complexity index is 1330. The van der Waals surface area contributed by atoms with Gasteiger partial charge in [-0.2, -0.15) is 0 Å². The molecule has 0 aliphatic carbocycles. The van der Waals surface area contributed by atoms with Crippen LogP contribution in [0.3, 0.4) is 0 Å². The molecule has 1 aliphatic heterocycles. The Morgan fingerprint density at radius 1 is 1.03 bits per heavy atom. The van der Waals surface area contributed by atoms with E-state index in [2.05, 4.69) is 6.07 Å². The standard InChI is InChI=1S/C28H27NO4/c1-29-26-16-23(10-11-24(26)25(17-28(29)31)20-7-3-2-4-8-20)33-18-19-6-5-9-21(14-19)27-15-22(30)12-13-32-27/h2-11,14,16-17,22,27,30H,12-13,15,18H2,1H3. The summed E-state index contributed by atoms with van der Waals surface area (Å²) in [6.07, 6.45) is 0.914. The van der Waals surface area contributed by atoms with Gasteiger partial charge in [-0.25, -0.2) is 0 Å². The van der Waals surface area contributed by atoms with Crippen molar-refractivity contribution in [2.75, 3.05) is 6.61 Å². The second-order valence-corrected chi connectivity index (χ2v) is 8.57. The van der Waals surface area contributed by atoms with E-state index in [4.69, 9.17) is 9.47 Å². The minimum Gasteiger partial charge on any atom is -0.489 e. The number of nitrogens with zero attached hydrogens (tertiary/aromatic N) is 1. The van der Waals surface area contributed by atoms with Gasteiger partial charge >= 0.3 is 0 Å². The fourth-order valence-electron chi connectivity index (χ4n) is 4.44. The number of ether oxygens (including phenoxy) is 2. The van der Waals surface area contributed by atoms with Gasteiger partial charge in [-0.15, -0.1) is 0 Å². The summed E-state index contributed by atoms with van der Waals surface area (Å²) >= 11 is 0. The van der Waals surface area contributed by atoms with Crippen molar-refractivity contribution in [3.05, 3.63) is 100 Å². The van der Waals surface area contributed by atoms with E-state index in [-0.39, 0.29) is 17.8 Å². The van der Waals surface area contributed by atoms with Gasteiger partial charge < -0.3 is 19.1 Å². The van der Waals surface area contributed by atoms with Crippen LogP contribution in [0.25, 0.3) is 22.0 Å². The maximum absolute atomic E-state index is 12.6. The van der Waals surface area contributed by atoms with Crippen LogP contribution in [0.1, 0.15) is 30.1 Å². The summed E-state index contributed by atoms with van der Waals surface area (Å²) in [6.45, 7) is 0.980. The van der Waals surface area contributed by atoms with Gasteiger partial charge in [-0.05, 0) is 46.9 Å². The molecule has 0 bridgehead atoms. The molecule has 1 fully saturated rings. The Morgan fingerprint density at radius 2 is 1.88 bits per heavy atom. The number of aliphatic hydroxyl groups excluding tert-OH is 1. The number of fused-ring (bicyclic) bond motifs is 1. The van der Waals surface area contributed by atoms with Crippen molar-refractivity contribution < 1.29 is 14.6 Å². The Labute approximate surface area is 192 Å². The van der Waals surface area contributed by atoms with Gasteiger partial charge in [0.15, 0.2) is 0 Å². The second kappa shape index (κ2) is 9.22. The van der Waals surface area contributed by atoms with Crippen molar-refractivity contribution in [1.29, 1.82) is 0 Å². The molecule has 0 amide bonds. The summed E-state index contributed by atoms with van der Waals surface area (Å²) < 4.78 is 13.6. The molecule has 1 saturated heterocycles. The summed E-state index contributed by atoms with van der Waals surface area (Å²) in [6, 6.07) is 25.6. The number of aromatic nitrogens is 1. The normalized spacial score (nSPS) is 18.4. The van der Waals surface area contributed by atoms with E-state index in [1.165, 1.54) is 0 Å². The zero-order valence-corrected chi connectivity index (χ0v) is 18.6.